The van der Waals surface area contributed by atoms with Crippen molar-refractivity contribution < 1.29 is 14.3 Å². The van der Waals surface area contributed by atoms with Gasteiger partial charge in [-0.25, -0.2) is 0 Å². The van der Waals surface area contributed by atoms with E-state index in [2.05, 4.69) is 36.4 Å². The molecule has 0 bridgehead atoms. The quantitative estimate of drug-likeness (QED) is 0.214. The summed E-state index contributed by atoms with van der Waals surface area (Å²) in [6, 6.07) is 30.7. The van der Waals surface area contributed by atoms with E-state index in [9.17, 15) is 9.59 Å². The molecule has 0 saturated carbocycles. The molecule has 0 fully saturated rings. The highest BCUT2D eigenvalue weighted by molar-refractivity contribution is 8.01. The van der Waals surface area contributed by atoms with Crippen molar-refractivity contribution in [2.24, 2.45) is 11.8 Å². The predicted molar refractivity (Wildman–Crippen MR) is 132 cm³/mol. The van der Waals surface area contributed by atoms with E-state index in [1.54, 1.807) is 11.8 Å². The lowest BCUT2D eigenvalue weighted by molar-refractivity contribution is -0.149. The Morgan fingerprint density at radius 2 is 1.19 bits per heavy atom. The number of Topliss-reactive ketones (excluding diaryl/α,β-unsaturated/α-hetero) is 1. The third-order valence-electron chi connectivity index (χ3n) is 5.55. The summed E-state index contributed by atoms with van der Waals surface area (Å²) in [5, 5.41) is 0. The van der Waals surface area contributed by atoms with Crippen LogP contribution in [0.25, 0.3) is 0 Å². The zero-order chi connectivity index (χ0) is 23.0. The van der Waals surface area contributed by atoms with E-state index < -0.39 is 16.6 Å². The van der Waals surface area contributed by atoms with Crippen LogP contribution in [-0.2, 0) is 19.1 Å². The van der Waals surface area contributed by atoms with Crippen LogP contribution in [0.15, 0.2) is 91.0 Å². The molecule has 3 aromatic carbocycles. The molecule has 0 N–H and O–H groups in total. The summed E-state index contributed by atoms with van der Waals surface area (Å²) in [6.45, 7) is 4.02. The Morgan fingerprint density at radius 3 is 1.53 bits per heavy atom. The van der Waals surface area contributed by atoms with Crippen LogP contribution < -0.4 is 0 Å². The Balaban J connectivity index is 2.07. The number of thioether (sulfide) groups is 1. The van der Waals surface area contributed by atoms with Crippen molar-refractivity contribution in [1.29, 1.82) is 0 Å². The van der Waals surface area contributed by atoms with Crippen LogP contribution in [-0.4, -0.2) is 24.6 Å². The Hall–Kier alpha value is -2.85. The van der Waals surface area contributed by atoms with Crippen molar-refractivity contribution in [2.75, 3.05) is 12.9 Å². The Morgan fingerprint density at radius 1 is 0.781 bits per heavy atom. The molecule has 3 rings (SSSR count). The van der Waals surface area contributed by atoms with Crippen LogP contribution in [0.5, 0.6) is 0 Å². The van der Waals surface area contributed by atoms with E-state index in [1.165, 1.54) is 7.11 Å². The van der Waals surface area contributed by atoms with Crippen LogP contribution in [0.2, 0.25) is 0 Å². The van der Waals surface area contributed by atoms with Gasteiger partial charge in [-0.2, -0.15) is 0 Å². The van der Waals surface area contributed by atoms with Crippen LogP contribution in [0.3, 0.4) is 0 Å². The Bertz CT molecular complexity index is 904. The Labute approximate surface area is 195 Å². The van der Waals surface area contributed by atoms with Crippen molar-refractivity contribution in [3.05, 3.63) is 108 Å². The molecule has 4 heteroatoms. The summed E-state index contributed by atoms with van der Waals surface area (Å²) in [7, 11) is 1.35. The first kappa shape index (κ1) is 23.8. The molecule has 0 spiro atoms. The summed E-state index contributed by atoms with van der Waals surface area (Å²) in [4.78, 5) is 25.7. The maximum Gasteiger partial charge on any atom is 0.316 e. The van der Waals surface area contributed by atoms with Crippen LogP contribution in [0, 0.1) is 11.8 Å². The van der Waals surface area contributed by atoms with E-state index in [0.29, 0.717) is 6.42 Å². The van der Waals surface area contributed by atoms with Gasteiger partial charge in [-0.3, -0.25) is 9.59 Å². The largest absolute Gasteiger partial charge is 0.468 e. The molecule has 3 aromatic rings. The van der Waals surface area contributed by atoms with Gasteiger partial charge in [0.25, 0.3) is 0 Å². The molecule has 1 atom stereocenters. The van der Waals surface area contributed by atoms with E-state index in [1.807, 2.05) is 68.4 Å². The molecule has 0 aliphatic rings. The standard InChI is InChI=1S/C28H30O3S/c1-21(2)19-25(27(30)31-3)26(29)20-32-28(22-13-7-4-8-14-22,23-15-9-5-10-16-23)24-17-11-6-12-18-24/h4-18,21,25H,19-20H2,1-3H3. The molecule has 0 aliphatic heterocycles. The lowest BCUT2D eigenvalue weighted by atomic mass is 9.84. The van der Waals surface area contributed by atoms with Gasteiger partial charge in [0, 0.05) is 0 Å². The number of hydrogen-bond donors (Lipinski definition) is 0. The number of ketones is 1. The van der Waals surface area contributed by atoms with Gasteiger partial charge in [0.2, 0.25) is 0 Å². The molecule has 3 nitrogen and oxygen atoms in total. The molecular weight excluding hydrogens is 416 g/mol. The molecule has 0 heterocycles. The van der Waals surface area contributed by atoms with Gasteiger partial charge in [-0.15, -0.1) is 11.8 Å². The number of carbonyl (C=O) groups is 2. The number of hydrogen-bond acceptors (Lipinski definition) is 4. The first-order chi connectivity index (χ1) is 15.5. The van der Waals surface area contributed by atoms with E-state index in [-0.39, 0.29) is 17.5 Å². The smallest absolute Gasteiger partial charge is 0.316 e. The summed E-state index contributed by atoms with van der Waals surface area (Å²) in [5.74, 6) is -0.870. The fraction of sp³-hybridized carbons (Fsp3) is 0.286. The van der Waals surface area contributed by atoms with Crippen LogP contribution in [0.4, 0.5) is 0 Å². The average Bonchev–Trinajstić information content (AvgIpc) is 2.84. The normalized spacial score (nSPS) is 12.4. The fourth-order valence-electron chi connectivity index (χ4n) is 4.02. The van der Waals surface area contributed by atoms with Crippen molar-refractivity contribution >= 4 is 23.5 Å². The van der Waals surface area contributed by atoms with Crippen molar-refractivity contribution in [2.45, 2.75) is 25.0 Å². The van der Waals surface area contributed by atoms with E-state index >= 15 is 0 Å². The van der Waals surface area contributed by atoms with E-state index in [4.69, 9.17) is 4.74 Å². The SMILES string of the molecule is COC(=O)C(CC(C)C)C(=O)CSC(c1ccccc1)(c1ccccc1)c1ccccc1. The lowest BCUT2D eigenvalue weighted by Crippen LogP contribution is -2.32. The van der Waals surface area contributed by atoms with E-state index in [0.717, 1.165) is 16.7 Å². The zero-order valence-electron chi connectivity index (χ0n) is 18.9. The number of esters is 1. The summed E-state index contributed by atoms with van der Waals surface area (Å²) in [6.07, 6.45) is 0.487. The first-order valence-electron chi connectivity index (χ1n) is 10.9. The van der Waals surface area contributed by atoms with Crippen LogP contribution >= 0.6 is 11.8 Å². The number of ether oxygens (including phenoxy) is 1. The molecule has 0 aliphatic carbocycles. The van der Waals surface area contributed by atoms with Gasteiger partial charge in [0.05, 0.1) is 17.6 Å². The molecule has 0 radical (unpaired) electrons. The third kappa shape index (κ3) is 5.31. The van der Waals surface area contributed by atoms with Crippen LogP contribution in [0.1, 0.15) is 37.0 Å². The molecule has 166 valence electrons. The summed E-state index contributed by atoms with van der Waals surface area (Å²) in [5.41, 5.74) is 3.27. The minimum Gasteiger partial charge on any atom is -0.468 e. The zero-order valence-corrected chi connectivity index (χ0v) is 19.7. The summed E-state index contributed by atoms with van der Waals surface area (Å²) < 4.78 is 4.37. The number of methoxy groups -OCH3 is 1. The first-order valence-corrected chi connectivity index (χ1v) is 11.9. The number of carbonyl (C=O) groups excluding carboxylic acids is 2. The number of rotatable bonds is 10. The van der Waals surface area contributed by atoms with Gasteiger partial charge in [0.15, 0.2) is 5.78 Å². The predicted octanol–water partition coefficient (Wildman–Crippen LogP) is 6.12. The van der Waals surface area contributed by atoms with Gasteiger partial charge in [-0.1, -0.05) is 105 Å². The fourth-order valence-corrected chi connectivity index (χ4v) is 5.49. The monoisotopic (exact) mass is 446 g/mol. The van der Waals surface area contributed by atoms with Crippen molar-refractivity contribution in [1.82, 2.24) is 0 Å². The molecule has 32 heavy (non-hydrogen) atoms. The minimum atomic E-state index is -0.743. The molecule has 0 saturated heterocycles. The van der Waals surface area contributed by atoms with Gasteiger partial charge in [0.1, 0.15) is 5.92 Å². The van der Waals surface area contributed by atoms with Gasteiger partial charge in [-0.05, 0) is 29.0 Å². The molecule has 0 amide bonds. The second kappa shape index (κ2) is 11.1. The number of benzene rings is 3. The van der Waals surface area contributed by atoms with Crippen molar-refractivity contribution in [3.8, 4) is 0 Å². The second-order valence-electron chi connectivity index (χ2n) is 8.24. The molecular formula is C28H30O3S. The van der Waals surface area contributed by atoms with Gasteiger partial charge < -0.3 is 4.74 Å². The highest BCUT2D eigenvalue weighted by Crippen LogP contribution is 2.48. The van der Waals surface area contributed by atoms with Crippen molar-refractivity contribution in [3.63, 3.8) is 0 Å². The average molecular weight is 447 g/mol. The molecule has 1 unspecified atom stereocenters. The topological polar surface area (TPSA) is 43.4 Å². The minimum absolute atomic E-state index is 0.0947. The second-order valence-corrected chi connectivity index (χ2v) is 9.43. The lowest BCUT2D eigenvalue weighted by Gasteiger charge is -2.35. The maximum atomic E-state index is 13.3. The Kier molecular flexibility index (Phi) is 8.29. The summed E-state index contributed by atoms with van der Waals surface area (Å²) >= 11 is 1.56. The maximum absolute atomic E-state index is 13.3. The van der Waals surface area contributed by atoms with Gasteiger partial charge >= 0.3 is 5.97 Å². The molecule has 0 aromatic heterocycles. The highest BCUT2D eigenvalue weighted by atomic mass is 32.2. The highest BCUT2D eigenvalue weighted by Gasteiger charge is 2.39. The third-order valence-corrected chi connectivity index (χ3v) is 7.12.